The second kappa shape index (κ2) is 6.04. The van der Waals surface area contributed by atoms with E-state index in [1.54, 1.807) is 0 Å². The van der Waals surface area contributed by atoms with E-state index in [2.05, 4.69) is 4.52 Å². The maximum absolute atomic E-state index is 11.4. The minimum atomic E-state index is -4.49. The lowest BCUT2D eigenvalue weighted by molar-refractivity contribution is -0.729. The van der Waals surface area contributed by atoms with Crippen molar-refractivity contribution >= 4 is 48.0 Å². The van der Waals surface area contributed by atoms with Crippen molar-refractivity contribution in [2.24, 2.45) is 0 Å². The van der Waals surface area contributed by atoms with Crippen LogP contribution < -0.4 is 9.42 Å². The summed E-state index contributed by atoms with van der Waals surface area (Å²) in [6.07, 6.45) is 0. The minimum Gasteiger partial charge on any atom is -0.773 e. The van der Waals surface area contributed by atoms with Crippen LogP contribution in [0.5, 0.6) is 5.75 Å². The molecule has 0 bridgehead atoms. The van der Waals surface area contributed by atoms with E-state index in [0.717, 1.165) is 12.1 Å². The highest BCUT2D eigenvalue weighted by atomic mass is 36.0. The molecule has 19 heavy (non-hydrogen) atoms. The van der Waals surface area contributed by atoms with Crippen molar-refractivity contribution in [3.63, 3.8) is 0 Å². The Morgan fingerprint density at radius 3 is 2.37 bits per heavy atom. The van der Waals surface area contributed by atoms with Gasteiger partial charge in [0, 0.05) is 14.6 Å². The van der Waals surface area contributed by atoms with Gasteiger partial charge in [0.2, 0.25) is 5.75 Å². The SMILES string of the molecule is O=[N+]([O-])c1cc([N+](=O)O)ccc1OP([O-])(O)=S(Cl)Cl. The van der Waals surface area contributed by atoms with E-state index in [-0.39, 0.29) is 0 Å². The summed E-state index contributed by atoms with van der Waals surface area (Å²) in [5, 5.41) is 19.4. The quantitative estimate of drug-likeness (QED) is 0.479. The number of nitro groups is 1. The summed E-state index contributed by atoms with van der Waals surface area (Å²) in [6, 6.07) is 2.46. The molecule has 0 radical (unpaired) electrons. The first-order chi connectivity index (χ1) is 8.65. The van der Waals surface area contributed by atoms with Gasteiger partial charge in [-0.3, -0.25) is 10.1 Å². The van der Waals surface area contributed by atoms with Crippen LogP contribution in [0.15, 0.2) is 18.2 Å². The fourth-order valence-electron chi connectivity index (χ4n) is 0.997. The Morgan fingerprint density at radius 2 is 1.95 bits per heavy atom. The maximum Gasteiger partial charge on any atom is 0.323 e. The Balaban J connectivity index is 3.34. The molecule has 0 aromatic heterocycles. The van der Waals surface area contributed by atoms with Crippen LogP contribution in [0.3, 0.4) is 0 Å². The number of hydrogen-bond acceptors (Lipinski definition) is 5. The molecule has 0 aliphatic rings. The molecule has 0 saturated carbocycles. The third-order valence-corrected chi connectivity index (χ3v) is 6.93. The Hall–Kier alpha value is -0.900. The number of nitro benzene ring substituents is 1. The smallest absolute Gasteiger partial charge is 0.323 e. The third-order valence-electron chi connectivity index (χ3n) is 1.75. The molecule has 0 amide bonds. The maximum atomic E-state index is 11.4. The number of benzene rings is 1. The summed E-state index contributed by atoms with van der Waals surface area (Å²) in [6.45, 7) is -4.49. The molecule has 106 valence electrons. The number of rotatable bonds is 4. The predicted molar refractivity (Wildman–Crippen MR) is 67.0 cm³/mol. The van der Waals surface area contributed by atoms with Crippen LogP contribution >= 0.6 is 28.1 Å². The molecule has 0 aliphatic heterocycles. The van der Waals surface area contributed by atoms with Crippen molar-refractivity contribution in [1.29, 1.82) is 0 Å². The lowest BCUT2D eigenvalue weighted by Crippen LogP contribution is -2.09. The van der Waals surface area contributed by atoms with Gasteiger partial charge in [0.15, 0.2) is 6.72 Å². The normalized spacial score (nSPS) is 13.9. The zero-order chi connectivity index (χ0) is 14.8. The van der Waals surface area contributed by atoms with E-state index in [4.69, 9.17) is 26.6 Å². The Bertz CT molecular complexity index is 599. The van der Waals surface area contributed by atoms with Crippen LogP contribution in [-0.4, -0.2) is 19.9 Å². The molecule has 13 heteroatoms. The lowest BCUT2D eigenvalue weighted by atomic mass is 10.2. The standard InChI is InChI=1S/C6H5Cl2N2O7PS/c7-19(8)18(15,16)17-6-2-1-4(9(11)12)3-5(6)10(13)14/h1-3H,(H2-,11,12,15,16). The average Bonchev–Trinajstić information content (AvgIpc) is 2.28. The minimum absolute atomic E-state index is 0.456. The Morgan fingerprint density at radius 1 is 1.37 bits per heavy atom. The molecular weight excluding hydrogens is 346 g/mol. The van der Waals surface area contributed by atoms with E-state index < -0.39 is 42.2 Å². The lowest BCUT2D eigenvalue weighted by Gasteiger charge is -2.25. The van der Waals surface area contributed by atoms with Crippen molar-refractivity contribution in [1.82, 2.24) is 0 Å². The summed E-state index contributed by atoms with van der Waals surface area (Å²) in [4.78, 5) is 40.4. The summed E-state index contributed by atoms with van der Waals surface area (Å²) in [5.74, 6) is -0.611. The molecule has 1 aromatic rings. The summed E-state index contributed by atoms with van der Waals surface area (Å²) in [7, 11) is 8.37. The van der Waals surface area contributed by atoms with E-state index in [1.165, 1.54) is 0 Å². The fraction of sp³-hybridized carbons (Fsp3) is 0. The van der Waals surface area contributed by atoms with Gasteiger partial charge in [-0.25, -0.2) is 5.21 Å². The van der Waals surface area contributed by atoms with Gasteiger partial charge in [0.1, 0.15) is 6.07 Å². The van der Waals surface area contributed by atoms with E-state index in [1.807, 2.05) is 0 Å². The molecule has 1 atom stereocenters. The molecule has 0 spiro atoms. The first-order valence-corrected chi connectivity index (χ1v) is 9.25. The van der Waals surface area contributed by atoms with Gasteiger partial charge in [0.05, 0.1) is 9.83 Å². The van der Waals surface area contributed by atoms with Gasteiger partial charge in [0.25, 0.3) is 4.92 Å². The molecule has 0 aliphatic carbocycles. The monoisotopic (exact) mass is 350 g/mol. The zero-order valence-corrected chi connectivity index (χ0v) is 11.9. The highest BCUT2D eigenvalue weighted by Gasteiger charge is 2.24. The summed E-state index contributed by atoms with van der Waals surface area (Å²) in [5.41, 5.74) is -1.26. The second-order valence-electron chi connectivity index (χ2n) is 2.94. The molecule has 0 heterocycles. The molecular formula is C6H5Cl2N2O7PS. The number of hydrogen-bond donors (Lipinski definition) is 2. The molecule has 0 saturated heterocycles. The predicted octanol–water partition coefficient (Wildman–Crippen LogP) is 1.73. The van der Waals surface area contributed by atoms with E-state index in [9.17, 15) is 24.8 Å². The summed E-state index contributed by atoms with van der Waals surface area (Å²) >= 11 is 0. The van der Waals surface area contributed by atoms with Gasteiger partial charge in [-0.05, 0) is 27.4 Å². The van der Waals surface area contributed by atoms with Crippen molar-refractivity contribution < 1.29 is 29.4 Å². The molecule has 1 rings (SSSR count). The Labute approximate surface area is 116 Å². The van der Waals surface area contributed by atoms with Crippen molar-refractivity contribution in [2.45, 2.75) is 0 Å². The third kappa shape index (κ3) is 4.03. The first-order valence-electron chi connectivity index (χ1n) is 4.19. The van der Waals surface area contributed by atoms with Gasteiger partial charge in [-0.2, -0.15) is 0 Å². The molecule has 9 nitrogen and oxygen atoms in total. The average molecular weight is 351 g/mol. The van der Waals surface area contributed by atoms with Gasteiger partial charge < -0.3 is 14.3 Å². The molecule has 2 N–H and O–H groups in total. The van der Waals surface area contributed by atoms with E-state index in [0.29, 0.717) is 6.07 Å². The largest absolute Gasteiger partial charge is 0.773 e. The highest BCUT2D eigenvalue weighted by Crippen LogP contribution is 2.46. The van der Waals surface area contributed by atoms with Crippen LogP contribution in [0.25, 0.3) is 0 Å². The topological polar surface area (TPSA) is 136 Å². The van der Waals surface area contributed by atoms with Crippen LogP contribution in [0.4, 0.5) is 11.4 Å². The number of halogens is 2. The van der Waals surface area contributed by atoms with E-state index >= 15 is 0 Å². The van der Waals surface area contributed by atoms with Crippen molar-refractivity contribution in [3.05, 3.63) is 33.2 Å². The fourth-order valence-corrected chi connectivity index (χ4v) is 2.37. The molecule has 0 fully saturated rings. The van der Waals surface area contributed by atoms with Gasteiger partial charge >= 0.3 is 11.4 Å². The zero-order valence-electron chi connectivity index (χ0n) is 8.67. The van der Waals surface area contributed by atoms with Gasteiger partial charge in [-0.15, -0.1) is 0 Å². The number of nitrogens with zero attached hydrogens (tertiary/aromatic N) is 2. The van der Waals surface area contributed by atoms with Gasteiger partial charge in [-0.1, -0.05) is 0 Å². The van der Waals surface area contributed by atoms with Crippen molar-refractivity contribution in [2.75, 3.05) is 0 Å². The van der Waals surface area contributed by atoms with Crippen LogP contribution in [0, 0.1) is 15.0 Å². The van der Waals surface area contributed by atoms with Crippen LogP contribution in [0.1, 0.15) is 0 Å². The molecule has 1 aromatic carbocycles. The van der Waals surface area contributed by atoms with Crippen LogP contribution in [0.2, 0.25) is 0 Å². The van der Waals surface area contributed by atoms with Crippen LogP contribution in [-0.2, 0) is 8.50 Å². The second-order valence-corrected chi connectivity index (χ2v) is 10.5. The van der Waals surface area contributed by atoms with Crippen molar-refractivity contribution in [3.8, 4) is 5.75 Å². The Kier molecular flexibility index (Phi) is 5.13. The highest BCUT2D eigenvalue weighted by molar-refractivity contribution is 8.53. The first kappa shape index (κ1) is 16.2. The summed E-state index contributed by atoms with van der Waals surface area (Å²) < 4.78 is 4.51. The molecule has 1 unspecified atom stereocenters.